The molecule has 0 radical (unpaired) electrons. The predicted octanol–water partition coefficient (Wildman–Crippen LogP) is 2.67. The van der Waals surface area contributed by atoms with E-state index in [9.17, 15) is 9.90 Å². The van der Waals surface area contributed by atoms with Crippen molar-refractivity contribution >= 4 is 5.91 Å². The second-order valence-corrected chi connectivity index (χ2v) is 7.16. The predicted molar refractivity (Wildman–Crippen MR) is 109 cm³/mol. The number of ether oxygens (including phenoxy) is 1. The third-order valence-electron chi connectivity index (χ3n) is 5.16. The Balaban J connectivity index is 1.43. The van der Waals surface area contributed by atoms with Crippen LogP contribution in [0.25, 0.3) is 16.9 Å². The molecule has 3 heterocycles. The molecule has 1 unspecified atom stereocenters. The molecule has 0 bridgehead atoms. The van der Waals surface area contributed by atoms with Crippen molar-refractivity contribution < 1.29 is 14.6 Å². The molecule has 152 valence electrons. The number of carbonyl (C=O) groups is 1. The Bertz CT molecular complexity index is 1060. The average Bonchev–Trinajstić information content (AvgIpc) is 3.44. The van der Waals surface area contributed by atoms with Crippen molar-refractivity contribution in [3.05, 3.63) is 59.9 Å². The molecule has 8 heteroatoms. The minimum atomic E-state index is -0.184. The molecule has 1 aliphatic heterocycles. The van der Waals surface area contributed by atoms with Crippen molar-refractivity contribution in [2.45, 2.75) is 12.8 Å². The first-order valence-corrected chi connectivity index (χ1v) is 9.75. The normalized spacial score (nSPS) is 15.6. The standard InChI is InChI=1S/C22H21N5O3/c23-11-15-1-3-17(4-2-15)19-13-26-27(22(19)29)20-6-5-18(12-25-20)21(28)24-9-7-16-8-10-30-14-16/h1-6,12-13,16,29H,7-10,14H2,(H,24,28). The number of carbonyl (C=O) groups excluding carboxylic acids is 1. The van der Waals surface area contributed by atoms with Gasteiger partial charge in [0.1, 0.15) is 0 Å². The van der Waals surface area contributed by atoms with Crippen LogP contribution in [0.1, 0.15) is 28.8 Å². The zero-order valence-electron chi connectivity index (χ0n) is 16.3. The maximum atomic E-state index is 12.3. The molecular weight excluding hydrogens is 382 g/mol. The second-order valence-electron chi connectivity index (χ2n) is 7.16. The molecule has 1 aliphatic rings. The van der Waals surface area contributed by atoms with Crippen molar-refractivity contribution in [1.82, 2.24) is 20.1 Å². The number of hydrogen-bond donors (Lipinski definition) is 2. The molecule has 4 rings (SSSR count). The minimum absolute atomic E-state index is 0.0665. The lowest BCUT2D eigenvalue weighted by Gasteiger charge is -2.09. The summed E-state index contributed by atoms with van der Waals surface area (Å²) in [5.41, 5.74) is 2.25. The number of nitrogens with zero attached hydrogens (tertiary/aromatic N) is 4. The summed E-state index contributed by atoms with van der Waals surface area (Å²) in [6.07, 6.45) is 4.94. The van der Waals surface area contributed by atoms with Gasteiger partial charge in [0.15, 0.2) is 5.82 Å². The lowest BCUT2D eigenvalue weighted by Crippen LogP contribution is -2.26. The van der Waals surface area contributed by atoms with Gasteiger partial charge in [-0.05, 0) is 48.6 Å². The maximum Gasteiger partial charge on any atom is 0.252 e. The van der Waals surface area contributed by atoms with E-state index in [-0.39, 0.29) is 11.8 Å². The molecule has 1 atom stereocenters. The van der Waals surface area contributed by atoms with Gasteiger partial charge in [0, 0.05) is 26.0 Å². The number of hydrogen-bond acceptors (Lipinski definition) is 6. The van der Waals surface area contributed by atoms with Gasteiger partial charge in [-0.3, -0.25) is 4.79 Å². The quantitative estimate of drug-likeness (QED) is 0.654. The zero-order chi connectivity index (χ0) is 20.9. The highest BCUT2D eigenvalue weighted by molar-refractivity contribution is 5.93. The van der Waals surface area contributed by atoms with Crippen LogP contribution >= 0.6 is 0 Å². The van der Waals surface area contributed by atoms with Gasteiger partial charge in [-0.25, -0.2) is 4.98 Å². The molecule has 0 saturated carbocycles. The third kappa shape index (κ3) is 4.16. The lowest BCUT2D eigenvalue weighted by molar-refractivity contribution is 0.0950. The van der Waals surface area contributed by atoms with Gasteiger partial charge in [-0.15, -0.1) is 0 Å². The molecule has 1 fully saturated rings. The van der Waals surface area contributed by atoms with Crippen LogP contribution in [0.3, 0.4) is 0 Å². The summed E-state index contributed by atoms with van der Waals surface area (Å²) < 4.78 is 6.64. The van der Waals surface area contributed by atoms with Crippen LogP contribution in [0.5, 0.6) is 5.88 Å². The highest BCUT2D eigenvalue weighted by atomic mass is 16.5. The third-order valence-corrected chi connectivity index (χ3v) is 5.16. The number of nitriles is 1. The first-order chi connectivity index (χ1) is 14.7. The SMILES string of the molecule is N#Cc1ccc(-c2cnn(-c3ccc(C(=O)NCCC4CCOC4)cn3)c2O)cc1. The van der Waals surface area contributed by atoms with Gasteiger partial charge in [0.05, 0.1) is 29.0 Å². The summed E-state index contributed by atoms with van der Waals surface area (Å²) >= 11 is 0. The van der Waals surface area contributed by atoms with Crippen LogP contribution in [0.2, 0.25) is 0 Å². The van der Waals surface area contributed by atoms with Crippen LogP contribution in [0.4, 0.5) is 0 Å². The first kappa shape index (κ1) is 19.6. The number of benzene rings is 1. The molecule has 0 aliphatic carbocycles. The molecule has 1 aromatic carbocycles. The number of aromatic hydroxyl groups is 1. The van der Waals surface area contributed by atoms with E-state index in [1.165, 1.54) is 17.1 Å². The Kier molecular flexibility index (Phi) is 5.72. The maximum absolute atomic E-state index is 12.3. The Labute approximate surface area is 173 Å². The number of amides is 1. The molecule has 1 amide bonds. The van der Waals surface area contributed by atoms with Crippen LogP contribution in [0, 0.1) is 17.2 Å². The second kappa shape index (κ2) is 8.76. The van der Waals surface area contributed by atoms with Gasteiger partial charge in [0.2, 0.25) is 5.88 Å². The van der Waals surface area contributed by atoms with Gasteiger partial charge >= 0.3 is 0 Å². The first-order valence-electron chi connectivity index (χ1n) is 9.75. The number of aromatic nitrogens is 3. The van der Waals surface area contributed by atoms with E-state index in [0.717, 1.165) is 31.6 Å². The zero-order valence-corrected chi connectivity index (χ0v) is 16.3. The molecule has 8 nitrogen and oxygen atoms in total. The van der Waals surface area contributed by atoms with E-state index in [4.69, 9.17) is 10.00 Å². The number of pyridine rings is 1. The number of rotatable bonds is 6. The fourth-order valence-corrected chi connectivity index (χ4v) is 3.39. The summed E-state index contributed by atoms with van der Waals surface area (Å²) in [4.78, 5) is 16.6. The van der Waals surface area contributed by atoms with E-state index >= 15 is 0 Å². The molecule has 1 saturated heterocycles. The molecular formula is C22H21N5O3. The molecule has 0 spiro atoms. The van der Waals surface area contributed by atoms with Crippen LogP contribution in [-0.2, 0) is 4.74 Å². The Morgan fingerprint density at radius 3 is 2.77 bits per heavy atom. The van der Waals surface area contributed by atoms with E-state index < -0.39 is 0 Å². The van der Waals surface area contributed by atoms with E-state index in [0.29, 0.717) is 35.0 Å². The highest BCUT2D eigenvalue weighted by Gasteiger charge is 2.17. The lowest BCUT2D eigenvalue weighted by atomic mass is 10.1. The van der Waals surface area contributed by atoms with Crippen molar-refractivity contribution in [1.29, 1.82) is 5.26 Å². The average molecular weight is 403 g/mol. The largest absolute Gasteiger partial charge is 0.493 e. The molecule has 3 aromatic rings. The highest BCUT2D eigenvalue weighted by Crippen LogP contribution is 2.30. The fraction of sp³-hybridized carbons (Fsp3) is 0.273. The molecule has 2 N–H and O–H groups in total. The number of nitrogens with one attached hydrogen (secondary N) is 1. The van der Waals surface area contributed by atoms with Crippen LogP contribution in [-0.4, -0.2) is 45.5 Å². The summed E-state index contributed by atoms with van der Waals surface area (Å²) in [5.74, 6) is 0.657. The minimum Gasteiger partial charge on any atom is -0.493 e. The van der Waals surface area contributed by atoms with Gasteiger partial charge < -0.3 is 15.2 Å². The van der Waals surface area contributed by atoms with Gasteiger partial charge in [-0.2, -0.15) is 15.0 Å². The Morgan fingerprint density at radius 1 is 1.27 bits per heavy atom. The fourth-order valence-electron chi connectivity index (χ4n) is 3.39. The smallest absolute Gasteiger partial charge is 0.252 e. The van der Waals surface area contributed by atoms with Gasteiger partial charge in [-0.1, -0.05) is 12.1 Å². The Morgan fingerprint density at radius 2 is 2.10 bits per heavy atom. The van der Waals surface area contributed by atoms with E-state index in [1.807, 2.05) is 0 Å². The summed E-state index contributed by atoms with van der Waals surface area (Å²) in [6.45, 7) is 2.17. The van der Waals surface area contributed by atoms with E-state index in [1.54, 1.807) is 36.4 Å². The van der Waals surface area contributed by atoms with Crippen molar-refractivity contribution in [3.8, 4) is 28.9 Å². The van der Waals surface area contributed by atoms with Crippen molar-refractivity contribution in [2.24, 2.45) is 5.92 Å². The van der Waals surface area contributed by atoms with Crippen LogP contribution < -0.4 is 5.32 Å². The summed E-state index contributed by atoms with van der Waals surface area (Å²) in [5, 5.41) is 26.6. The van der Waals surface area contributed by atoms with Crippen molar-refractivity contribution in [3.63, 3.8) is 0 Å². The molecule has 30 heavy (non-hydrogen) atoms. The summed E-state index contributed by atoms with van der Waals surface area (Å²) in [7, 11) is 0. The topological polar surface area (TPSA) is 113 Å². The van der Waals surface area contributed by atoms with Crippen molar-refractivity contribution in [2.75, 3.05) is 19.8 Å². The van der Waals surface area contributed by atoms with Crippen LogP contribution in [0.15, 0.2) is 48.8 Å². The van der Waals surface area contributed by atoms with E-state index in [2.05, 4.69) is 21.5 Å². The van der Waals surface area contributed by atoms with Gasteiger partial charge in [0.25, 0.3) is 5.91 Å². The monoisotopic (exact) mass is 403 g/mol. The molecule has 2 aromatic heterocycles. The summed E-state index contributed by atoms with van der Waals surface area (Å²) in [6, 6.07) is 12.2. The Hall–Kier alpha value is -3.70.